The number of nitrogens with one attached hydrogen (secondary N) is 1. The van der Waals surface area contributed by atoms with Gasteiger partial charge in [0.2, 0.25) is 0 Å². The van der Waals surface area contributed by atoms with E-state index in [2.05, 4.69) is 5.32 Å². The second-order valence-electron chi connectivity index (χ2n) is 3.61. The first-order chi connectivity index (χ1) is 7.65. The molecule has 4 nitrogen and oxygen atoms in total. The average Bonchev–Trinajstić information content (AvgIpc) is 2.28. The van der Waals surface area contributed by atoms with E-state index in [0.29, 0.717) is 18.0 Å². The summed E-state index contributed by atoms with van der Waals surface area (Å²) in [5.41, 5.74) is 1.76. The molecule has 0 aliphatic heterocycles. The molecular formula is C12H19NO3. The third-order valence-corrected chi connectivity index (χ3v) is 2.53. The topological polar surface area (TPSA) is 50.7 Å². The fourth-order valence-corrected chi connectivity index (χ4v) is 1.76. The smallest absolute Gasteiger partial charge is 0.166 e. The highest BCUT2D eigenvalue weighted by Crippen LogP contribution is 2.36. The standard InChI is InChI=1S/C12H19NO3/c1-8-5-6-10(15-3)12(16-4)11(8)9(14)7-13-2/h5-6,9,13-14H,7H2,1-4H3. The van der Waals surface area contributed by atoms with Crippen molar-refractivity contribution in [2.45, 2.75) is 13.0 Å². The molecule has 0 radical (unpaired) electrons. The highest BCUT2D eigenvalue weighted by molar-refractivity contribution is 5.51. The lowest BCUT2D eigenvalue weighted by atomic mass is 10.0. The van der Waals surface area contributed by atoms with E-state index in [1.807, 2.05) is 19.1 Å². The number of aliphatic hydroxyl groups excluding tert-OH is 1. The van der Waals surface area contributed by atoms with Gasteiger partial charge in [0.25, 0.3) is 0 Å². The summed E-state index contributed by atoms with van der Waals surface area (Å²) in [5.74, 6) is 1.24. The fourth-order valence-electron chi connectivity index (χ4n) is 1.76. The van der Waals surface area contributed by atoms with Gasteiger partial charge < -0.3 is 19.9 Å². The number of aryl methyl sites for hydroxylation is 1. The van der Waals surface area contributed by atoms with Crippen LogP contribution >= 0.6 is 0 Å². The zero-order chi connectivity index (χ0) is 12.1. The second kappa shape index (κ2) is 5.72. The van der Waals surface area contributed by atoms with E-state index in [4.69, 9.17) is 9.47 Å². The lowest BCUT2D eigenvalue weighted by molar-refractivity contribution is 0.171. The van der Waals surface area contributed by atoms with E-state index in [1.165, 1.54) is 0 Å². The first kappa shape index (κ1) is 12.8. The number of hydrogen-bond acceptors (Lipinski definition) is 4. The highest BCUT2D eigenvalue weighted by Gasteiger charge is 2.19. The Morgan fingerprint density at radius 3 is 2.50 bits per heavy atom. The van der Waals surface area contributed by atoms with Gasteiger partial charge in [-0.3, -0.25) is 0 Å². The van der Waals surface area contributed by atoms with Crippen molar-refractivity contribution < 1.29 is 14.6 Å². The lowest BCUT2D eigenvalue weighted by Crippen LogP contribution is -2.18. The number of benzene rings is 1. The van der Waals surface area contributed by atoms with Crippen molar-refractivity contribution in [1.29, 1.82) is 0 Å². The van der Waals surface area contributed by atoms with Crippen molar-refractivity contribution in [3.05, 3.63) is 23.3 Å². The summed E-state index contributed by atoms with van der Waals surface area (Å²) in [7, 11) is 4.96. The number of methoxy groups -OCH3 is 2. The largest absolute Gasteiger partial charge is 0.493 e. The molecule has 0 aliphatic carbocycles. The monoisotopic (exact) mass is 225 g/mol. The van der Waals surface area contributed by atoms with Gasteiger partial charge in [-0.05, 0) is 25.6 Å². The van der Waals surface area contributed by atoms with Crippen molar-refractivity contribution in [1.82, 2.24) is 5.32 Å². The molecule has 1 aromatic rings. The summed E-state index contributed by atoms with van der Waals surface area (Å²) in [6, 6.07) is 3.75. The van der Waals surface area contributed by atoms with Crippen molar-refractivity contribution in [3.63, 3.8) is 0 Å². The van der Waals surface area contributed by atoms with E-state index in [1.54, 1.807) is 21.3 Å². The number of rotatable bonds is 5. The predicted octanol–water partition coefficient (Wildman–Crippen LogP) is 1.27. The molecule has 0 fully saturated rings. The Balaban J connectivity index is 3.22. The summed E-state index contributed by atoms with van der Waals surface area (Å²) in [6.07, 6.45) is -0.602. The first-order valence-electron chi connectivity index (χ1n) is 5.19. The molecule has 0 saturated heterocycles. The molecule has 0 heterocycles. The third-order valence-electron chi connectivity index (χ3n) is 2.53. The molecule has 0 amide bonds. The normalized spacial score (nSPS) is 12.3. The Hall–Kier alpha value is -1.26. The van der Waals surface area contributed by atoms with E-state index in [-0.39, 0.29) is 0 Å². The Labute approximate surface area is 96.2 Å². The molecule has 1 aromatic carbocycles. The minimum absolute atomic E-state index is 0.477. The average molecular weight is 225 g/mol. The SMILES string of the molecule is CNCC(O)c1c(C)ccc(OC)c1OC. The molecular weight excluding hydrogens is 206 g/mol. The fraction of sp³-hybridized carbons (Fsp3) is 0.500. The molecule has 0 saturated carbocycles. The van der Waals surface area contributed by atoms with E-state index in [9.17, 15) is 5.11 Å². The molecule has 16 heavy (non-hydrogen) atoms. The van der Waals surface area contributed by atoms with Crippen molar-refractivity contribution in [2.24, 2.45) is 0 Å². The molecule has 0 bridgehead atoms. The van der Waals surface area contributed by atoms with Crippen molar-refractivity contribution in [2.75, 3.05) is 27.8 Å². The second-order valence-corrected chi connectivity index (χ2v) is 3.61. The van der Waals surface area contributed by atoms with Crippen molar-refractivity contribution >= 4 is 0 Å². The van der Waals surface area contributed by atoms with Gasteiger partial charge in [-0.1, -0.05) is 6.07 Å². The van der Waals surface area contributed by atoms with Crippen LogP contribution in [-0.4, -0.2) is 32.9 Å². The molecule has 4 heteroatoms. The molecule has 1 atom stereocenters. The van der Waals surface area contributed by atoms with E-state index in [0.717, 1.165) is 11.1 Å². The predicted molar refractivity (Wildman–Crippen MR) is 63.2 cm³/mol. The molecule has 1 rings (SSSR count). The highest BCUT2D eigenvalue weighted by atomic mass is 16.5. The molecule has 2 N–H and O–H groups in total. The van der Waals surface area contributed by atoms with E-state index >= 15 is 0 Å². The molecule has 0 spiro atoms. The van der Waals surface area contributed by atoms with Gasteiger partial charge in [-0.15, -0.1) is 0 Å². The molecule has 1 unspecified atom stereocenters. The quantitative estimate of drug-likeness (QED) is 0.792. The van der Waals surface area contributed by atoms with Crippen LogP contribution in [-0.2, 0) is 0 Å². The van der Waals surface area contributed by atoms with Gasteiger partial charge >= 0.3 is 0 Å². The van der Waals surface area contributed by atoms with Crippen LogP contribution in [0.5, 0.6) is 11.5 Å². The summed E-state index contributed by atoms with van der Waals surface area (Å²) in [5, 5.41) is 13.0. The van der Waals surface area contributed by atoms with Gasteiger partial charge in [-0.2, -0.15) is 0 Å². The summed E-state index contributed by atoms with van der Waals surface area (Å²) in [4.78, 5) is 0. The number of likely N-dealkylation sites (N-methyl/N-ethyl adjacent to an activating group) is 1. The summed E-state index contributed by atoms with van der Waals surface area (Å²) >= 11 is 0. The number of ether oxygens (including phenoxy) is 2. The van der Waals surface area contributed by atoms with Gasteiger partial charge in [-0.25, -0.2) is 0 Å². The van der Waals surface area contributed by atoms with Crippen LogP contribution < -0.4 is 14.8 Å². The molecule has 0 aromatic heterocycles. The van der Waals surface area contributed by atoms with Crippen LogP contribution in [0.15, 0.2) is 12.1 Å². The summed E-state index contributed by atoms with van der Waals surface area (Å²) < 4.78 is 10.5. The van der Waals surface area contributed by atoms with E-state index < -0.39 is 6.10 Å². The van der Waals surface area contributed by atoms with Crippen LogP contribution in [0.3, 0.4) is 0 Å². The molecule has 0 aliphatic rings. The van der Waals surface area contributed by atoms with Crippen LogP contribution in [0.4, 0.5) is 0 Å². The third kappa shape index (κ3) is 2.46. The maximum absolute atomic E-state index is 10.0. The summed E-state index contributed by atoms with van der Waals surface area (Å²) in [6.45, 7) is 2.42. The van der Waals surface area contributed by atoms with Gasteiger partial charge in [0.05, 0.1) is 20.3 Å². The minimum Gasteiger partial charge on any atom is -0.493 e. The first-order valence-corrected chi connectivity index (χ1v) is 5.19. The van der Waals surface area contributed by atoms with Gasteiger partial charge in [0, 0.05) is 12.1 Å². The Morgan fingerprint density at radius 2 is 2.00 bits per heavy atom. The van der Waals surface area contributed by atoms with Crippen LogP contribution in [0.25, 0.3) is 0 Å². The van der Waals surface area contributed by atoms with Crippen LogP contribution in [0.2, 0.25) is 0 Å². The minimum atomic E-state index is -0.602. The number of aliphatic hydroxyl groups is 1. The zero-order valence-electron chi connectivity index (χ0n) is 10.2. The number of hydrogen-bond donors (Lipinski definition) is 2. The lowest BCUT2D eigenvalue weighted by Gasteiger charge is -2.19. The van der Waals surface area contributed by atoms with Crippen LogP contribution in [0.1, 0.15) is 17.2 Å². The Kier molecular flexibility index (Phi) is 4.58. The van der Waals surface area contributed by atoms with Gasteiger partial charge in [0.15, 0.2) is 11.5 Å². The maximum atomic E-state index is 10.0. The van der Waals surface area contributed by atoms with Crippen molar-refractivity contribution in [3.8, 4) is 11.5 Å². The zero-order valence-corrected chi connectivity index (χ0v) is 10.2. The van der Waals surface area contributed by atoms with Crippen LogP contribution in [0, 0.1) is 6.92 Å². The molecule has 90 valence electrons. The Bertz CT molecular complexity index is 352. The maximum Gasteiger partial charge on any atom is 0.166 e. The van der Waals surface area contributed by atoms with Gasteiger partial charge in [0.1, 0.15) is 0 Å². The Morgan fingerprint density at radius 1 is 1.31 bits per heavy atom.